The first-order valence-corrected chi connectivity index (χ1v) is 9.22. The molecule has 25 heavy (non-hydrogen) atoms. The molecule has 1 unspecified atom stereocenters. The molecule has 1 aliphatic heterocycles. The molecule has 0 amide bonds. The average molecular weight is 360 g/mol. The van der Waals surface area contributed by atoms with Crippen LogP contribution in [0.1, 0.15) is 42.0 Å². The number of phenols is 1. The number of nitrogens with one attached hydrogen (secondary N) is 1. The lowest BCUT2D eigenvalue weighted by molar-refractivity contribution is 0.297. The fourth-order valence-corrected chi connectivity index (χ4v) is 3.91. The Labute approximate surface area is 152 Å². The fraction of sp³-hybridized carbons (Fsp3) is 0.400. The van der Waals surface area contributed by atoms with E-state index in [2.05, 4.69) is 5.32 Å². The van der Waals surface area contributed by atoms with Gasteiger partial charge in [-0.25, -0.2) is 0 Å². The number of hydrogen-bond donors (Lipinski definition) is 2. The van der Waals surface area contributed by atoms with Crippen molar-refractivity contribution in [2.45, 2.75) is 38.3 Å². The van der Waals surface area contributed by atoms with Crippen LogP contribution in [0.2, 0.25) is 5.02 Å². The molecule has 0 fully saturated rings. The molecule has 132 valence electrons. The lowest BCUT2D eigenvalue weighted by atomic mass is 9.87. The Morgan fingerprint density at radius 3 is 2.92 bits per heavy atom. The second-order valence-electron chi connectivity index (χ2n) is 6.66. The Kier molecular flexibility index (Phi) is 4.73. The van der Waals surface area contributed by atoms with Crippen LogP contribution in [-0.4, -0.2) is 18.3 Å². The van der Waals surface area contributed by atoms with Crippen LogP contribution in [0.3, 0.4) is 0 Å². The highest BCUT2D eigenvalue weighted by atomic mass is 35.5. The first-order chi connectivity index (χ1) is 12.2. The van der Waals surface area contributed by atoms with Gasteiger partial charge in [0.2, 0.25) is 0 Å². The number of hydrogen-bond acceptors (Lipinski definition) is 4. The molecule has 1 heterocycles. The molecule has 2 aromatic rings. The van der Waals surface area contributed by atoms with Gasteiger partial charge in [0, 0.05) is 19.0 Å². The first kappa shape index (κ1) is 16.6. The van der Waals surface area contributed by atoms with Gasteiger partial charge in [0.05, 0.1) is 18.2 Å². The van der Waals surface area contributed by atoms with E-state index in [1.807, 2.05) is 24.3 Å². The van der Waals surface area contributed by atoms with E-state index in [0.29, 0.717) is 36.3 Å². The minimum Gasteiger partial charge on any atom is -0.508 e. The van der Waals surface area contributed by atoms with Gasteiger partial charge in [-0.2, -0.15) is 0 Å². The van der Waals surface area contributed by atoms with Crippen LogP contribution in [0.15, 0.2) is 30.3 Å². The normalized spacial score (nSPS) is 19.2. The van der Waals surface area contributed by atoms with E-state index in [4.69, 9.17) is 21.1 Å². The number of benzene rings is 2. The third-order valence-electron chi connectivity index (χ3n) is 4.86. The minimum absolute atomic E-state index is 0.241. The van der Waals surface area contributed by atoms with E-state index >= 15 is 0 Å². The third kappa shape index (κ3) is 3.55. The van der Waals surface area contributed by atoms with Crippen molar-refractivity contribution in [2.75, 3.05) is 13.2 Å². The van der Waals surface area contributed by atoms with Crippen LogP contribution in [0.5, 0.6) is 17.2 Å². The fourth-order valence-electron chi connectivity index (χ4n) is 3.63. The molecular weight excluding hydrogens is 338 g/mol. The van der Waals surface area contributed by atoms with E-state index in [0.717, 1.165) is 37.0 Å². The molecule has 1 aliphatic carbocycles. The summed E-state index contributed by atoms with van der Waals surface area (Å²) in [7, 11) is 0. The highest BCUT2D eigenvalue weighted by molar-refractivity contribution is 6.32. The van der Waals surface area contributed by atoms with Gasteiger partial charge >= 0.3 is 0 Å². The molecule has 0 aromatic heterocycles. The van der Waals surface area contributed by atoms with Gasteiger partial charge in [-0.15, -0.1) is 0 Å². The molecular formula is C20H22ClNO3. The van der Waals surface area contributed by atoms with Crippen LogP contribution >= 0.6 is 11.6 Å². The quantitative estimate of drug-likeness (QED) is 0.854. The molecule has 0 bridgehead atoms. The van der Waals surface area contributed by atoms with Gasteiger partial charge in [0.25, 0.3) is 0 Å². The lowest BCUT2D eigenvalue weighted by Crippen LogP contribution is -2.24. The first-order valence-electron chi connectivity index (χ1n) is 8.84. The van der Waals surface area contributed by atoms with Gasteiger partial charge < -0.3 is 19.9 Å². The van der Waals surface area contributed by atoms with Crippen molar-refractivity contribution in [2.24, 2.45) is 0 Å². The molecule has 0 saturated carbocycles. The standard InChI is InChI=1S/C20H22ClNO3/c21-17-9-13(10-19-20(17)25-8-2-7-24-19)12-22-18-4-1-3-14-5-6-15(23)11-16(14)18/h5-6,9-11,18,22-23H,1-4,7-8,12H2. The Morgan fingerprint density at radius 1 is 1.12 bits per heavy atom. The Hall–Kier alpha value is -1.91. The second kappa shape index (κ2) is 7.14. The Balaban J connectivity index is 1.52. The average Bonchev–Trinajstić information content (AvgIpc) is 2.86. The number of halogens is 1. The molecule has 1 atom stereocenters. The number of aromatic hydroxyl groups is 1. The zero-order chi connectivity index (χ0) is 17.2. The van der Waals surface area contributed by atoms with Gasteiger partial charge in [-0.1, -0.05) is 17.7 Å². The van der Waals surface area contributed by atoms with Crippen molar-refractivity contribution < 1.29 is 14.6 Å². The molecule has 2 N–H and O–H groups in total. The van der Waals surface area contributed by atoms with Crippen LogP contribution in [0.25, 0.3) is 0 Å². The molecule has 0 spiro atoms. The number of rotatable bonds is 3. The summed E-state index contributed by atoms with van der Waals surface area (Å²) >= 11 is 6.38. The predicted octanol–water partition coefficient (Wildman–Crippen LogP) is 4.37. The van der Waals surface area contributed by atoms with E-state index in [9.17, 15) is 5.11 Å². The zero-order valence-electron chi connectivity index (χ0n) is 14.1. The topological polar surface area (TPSA) is 50.7 Å². The summed E-state index contributed by atoms with van der Waals surface area (Å²) < 4.78 is 11.4. The summed E-state index contributed by atoms with van der Waals surface area (Å²) in [6, 6.07) is 9.87. The lowest BCUT2D eigenvalue weighted by Gasteiger charge is -2.27. The number of phenolic OH excluding ortho intramolecular Hbond substituents is 1. The predicted molar refractivity (Wildman–Crippen MR) is 97.7 cm³/mol. The smallest absolute Gasteiger partial charge is 0.179 e. The molecule has 2 aromatic carbocycles. The maximum Gasteiger partial charge on any atom is 0.179 e. The van der Waals surface area contributed by atoms with Crippen LogP contribution in [-0.2, 0) is 13.0 Å². The highest BCUT2D eigenvalue weighted by Gasteiger charge is 2.21. The summed E-state index contributed by atoms with van der Waals surface area (Å²) in [6.07, 6.45) is 4.15. The summed E-state index contributed by atoms with van der Waals surface area (Å²) in [6.45, 7) is 1.97. The van der Waals surface area contributed by atoms with E-state index in [1.165, 1.54) is 11.1 Å². The molecule has 4 rings (SSSR count). The van der Waals surface area contributed by atoms with Crippen molar-refractivity contribution in [1.82, 2.24) is 5.32 Å². The van der Waals surface area contributed by atoms with Gasteiger partial charge in [0.15, 0.2) is 11.5 Å². The number of aryl methyl sites for hydroxylation is 1. The second-order valence-corrected chi connectivity index (χ2v) is 7.07. The SMILES string of the molecule is Oc1ccc2c(c1)C(NCc1cc(Cl)c3c(c1)OCCCO3)CCC2. The van der Waals surface area contributed by atoms with Crippen LogP contribution in [0.4, 0.5) is 0 Å². The number of fused-ring (bicyclic) bond motifs is 2. The van der Waals surface area contributed by atoms with E-state index in [1.54, 1.807) is 6.07 Å². The maximum atomic E-state index is 9.81. The third-order valence-corrected chi connectivity index (χ3v) is 5.14. The van der Waals surface area contributed by atoms with Gasteiger partial charge in [0.1, 0.15) is 5.75 Å². The molecule has 2 aliphatic rings. The summed E-state index contributed by atoms with van der Waals surface area (Å²) in [5.41, 5.74) is 3.59. The van der Waals surface area contributed by atoms with Crippen molar-refractivity contribution >= 4 is 11.6 Å². The van der Waals surface area contributed by atoms with Crippen molar-refractivity contribution in [1.29, 1.82) is 0 Å². The molecule has 4 nitrogen and oxygen atoms in total. The van der Waals surface area contributed by atoms with Crippen molar-refractivity contribution in [3.8, 4) is 17.2 Å². The van der Waals surface area contributed by atoms with E-state index < -0.39 is 0 Å². The van der Waals surface area contributed by atoms with Gasteiger partial charge in [-0.3, -0.25) is 0 Å². The monoisotopic (exact) mass is 359 g/mol. The van der Waals surface area contributed by atoms with Gasteiger partial charge in [-0.05, 0) is 60.2 Å². The molecule has 0 saturated heterocycles. The Morgan fingerprint density at radius 2 is 2.00 bits per heavy atom. The molecule has 5 heteroatoms. The summed E-state index contributed by atoms with van der Waals surface area (Å²) in [4.78, 5) is 0. The van der Waals surface area contributed by atoms with Crippen LogP contribution < -0.4 is 14.8 Å². The highest BCUT2D eigenvalue weighted by Crippen LogP contribution is 2.38. The van der Waals surface area contributed by atoms with E-state index in [-0.39, 0.29) is 6.04 Å². The van der Waals surface area contributed by atoms with Crippen molar-refractivity contribution in [3.05, 3.63) is 52.0 Å². The summed E-state index contributed by atoms with van der Waals surface area (Å²) in [5.74, 6) is 1.70. The van der Waals surface area contributed by atoms with Crippen LogP contribution in [0, 0.1) is 0 Å². The zero-order valence-corrected chi connectivity index (χ0v) is 14.8. The Bertz CT molecular complexity index is 778. The maximum absolute atomic E-state index is 9.81. The molecule has 0 radical (unpaired) electrons. The number of ether oxygens (including phenoxy) is 2. The minimum atomic E-state index is 0.241. The van der Waals surface area contributed by atoms with Crippen molar-refractivity contribution in [3.63, 3.8) is 0 Å². The largest absolute Gasteiger partial charge is 0.508 e. The summed E-state index contributed by atoms with van der Waals surface area (Å²) in [5, 5.41) is 14.0.